The topological polar surface area (TPSA) is 89.4 Å². The van der Waals surface area contributed by atoms with Gasteiger partial charge in [0.05, 0.1) is 6.21 Å². The normalized spacial score (nSPS) is 20.6. The van der Waals surface area contributed by atoms with E-state index < -0.39 is 18.2 Å². The fraction of sp³-hybridized carbons (Fsp3) is 0.273. The summed E-state index contributed by atoms with van der Waals surface area (Å²) in [5, 5.41) is 6.71. The lowest BCUT2D eigenvalue weighted by atomic mass is 10.1. The minimum atomic E-state index is -0.580. The number of hydrogen-bond donors (Lipinski definition) is 2. The number of imide groups is 1. The molecule has 2 aromatic rings. The number of benzene rings is 2. The van der Waals surface area contributed by atoms with Crippen LogP contribution in [-0.4, -0.2) is 59.7 Å². The number of aryl methyl sites for hydroxylation is 1. The molecule has 0 aliphatic carbocycles. The molecule has 160 valence electrons. The van der Waals surface area contributed by atoms with Gasteiger partial charge in [0, 0.05) is 18.1 Å². The highest BCUT2D eigenvalue weighted by Crippen LogP contribution is 2.24. The molecule has 1 fully saturated rings. The summed E-state index contributed by atoms with van der Waals surface area (Å²) in [5.41, 5.74) is 5.13. The highest BCUT2D eigenvalue weighted by Gasteiger charge is 2.48. The average Bonchev–Trinajstić information content (AvgIpc) is 3.13. The fourth-order valence-electron chi connectivity index (χ4n) is 3.68. The molecule has 9 heteroatoms. The van der Waals surface area contributed by atoms with E-state index in [0.29, 0.717) is 12.5 Å². The summed E-state index contributed by atoms with van der Waals surface area (Å²) in [6, 6.07) is 16.9. The van der Waals surface area contributed by atoms with Crippen LogP contribution < -0.4 is 10.7 Å². The lowest BCUT2D eigenvalue weighted by molar-refractivity contribution is -0.127. The molecule has 2 N–H and O–H groups in total. The van der Waals surface area contributed by atoms with Gasteiger partial charge in [0.15, 0.2) is 12.2 Å². The summed E-state index contributed by atoms with van der Waals surface area (Å²) in [7, 11) is 1.64. The lowest BCUT2D eigenvalue weighted by Crippen LogP contribution is -2.64. The van der Waals surface area contributed by atoms with E-state index in [0.717, 1.165) is 22.9 Å². The molecule has 2 aliphatic heterocycles. The molecule has 1 saturated heterocycles. The number of carbonyl (C=O) groups excluding carboxylic acids is 2. The number of carbonyl (C=O) groups is 2. The Morgan fingerprint density at radius 3 is 2.65 bits per heavy atom. The van der Waals surface area contributed by atoms with Crippen molar-refractivity contribution in [2.75, 3.05) is 13.6 Å². The number of urea groups is 1. The fourth-order valence-corrected chi connectivity index (χ4v) is 3.94. The third-order valence-electron chi connectivity index (χ3n) is 5.32. The molecule has 0 aromatic heterocycles. The van der Waals surface area contributed by atoms with E-state index in [4.69, 9.17) is 0 Å². The summed E-state index contributed by atoms with van der Waals surface area (Å²) in [5.74, 6) is 0.137. The molecule has 2 unspecified atom stereocenters. The van der Waals surface area contributed by atoms with Crippen LogP contribution in [0.25, 0.3) is 0 Å². The van der Waals surface area contributed by atoms with Crippen molar-refractivity contribution < 1.29 is 9.59 Å². The first-order chi connectivity index (χ1) is 15.0. The molecule has 0 spiro atoms. The number of amides is 3. The Hall–Kier alpha value is -3.20. The monoisotopic (exact) mass is 482 g/mol. The van der Waals surface area contributed by atoms with E-state index in [1.807, 2.05) is 47.4 Å². The number of aliphatic imine (C=N–C) groups is 1. The molecule has 3 amide bonds. The maximum Gasteiger partial charge on any atom is 0.325 e. The molecule has 0 radical (unpaired) electrons. The summed E-state index contributed by atoms with van der Waals surface area (Å²) in [6.07, 6.45) is 2.81. The van der Waals surface area contributed by atoms with E-state index in [9.17, 15) is 9.59 Å². The third kappa shape index (κ3) is 4.77. The van der Waals surface area contributed by atoms with E-state index in [2.05, 4.69) is 48.9 Å². The smallest absolute Gasteiger partial charge is 0.325 e. The molecule has 0 saturated carbocycles. The van der Waals surface area contributed by atoms with Gasteiger partial charge in [-0.1, -0.05) is 58.4 Å². The van der Waals surface area contributed by atoms with Crippen molar-refractivity contribution in [3.8, 4) is 0 Å². The minimum Gasteiger partial charge on any atom is -0.326 e. The number of hydrogen-bond acceptors (Lipinski definition) is 6. The number of nitrogens with one attached hydrogen (secondary N) is 2. The van der Waals surface area contributed by atoms with Crippen molar-refractivity contribution in [1.82, 2.24) is 20.5 Å². The average molecular weight is 483 g/mol. The van der Waals surface area contributed by atoms with Crippen LogP contribution >= 0.6 is 15.9 Å². The molecule has 8 nitrogen and oxygen atoms in total. The second-order valence-corrected chi connectivity index (χ2v) is 8.34. The number of likely N-dealkylation sites (N-methyl/N-ethyl adjacent to an activating group) is 1. The first-order valence-corrected chi connectivity index (χ1v) is 10.8. The van der Waals surface area contributed by atoms with E-state index in [1.54, 1.807) is 13.3 Å². The number of rotatable bonds is 6. The maximum atomic E-state index is 12.6. The van der Waals surface area contributed by atoms with Gasteiger partial charge in [0.1, 0.15) is 0 Å². The Morgan fingerprint density at radius 1 is 1.16 bits per heavy atom. The van der Waals surface area contributed by atoms with Crippen molar-refractivity contribution in [2.45, 2.75) is 25.0 Å². The zero-order chi connectivity index (χ0) is 21.8. The molecular weight excluding hydrogens is 460 g/mol. The Kier molecular flexibility index (Phi) is 6.31. The molecule has 2 aromatic carbocycles. The predicted octanol–water partition coefficient (Wildman–Crippen LogP) is 2.55. The highest BCUT2D eigenvalue weighted by atomic mass is 79.9. The quantitative estimate of drug-likeness (QED) is 0.489. The third-order valence-corrected chi connectivity index (χ3v) is 5.84. The van der Waals surface area contributed by atoms with Crippen molar-refractivity contribution in [3.05, 3.63) is 70.2 Å². The first-order valence-electron chi connectivity index (χ1n) is 10.0. The molecule has 2 heterocycles. The van der Waals surface area contributed by atoms with E-state index in [1.165, 1.54) is 10.5 Å². The first kappa shape index (κ1) is 21.0. The van der Waals surface area contributed by atoms with Crippen molar-refractivity contribution in [1.29, 1.82) is 0 Å². The number of nitrogens with zero attached hydrogens (tertiary/aromatic N) is 4. The van der Waals surface area contributed by atoms with Gasteiger partial charge in [-0.15, -0.1) is 0 Å². The Morgan fingerprint density at radius 2 is 1.90 bits per heavy atom. The zero-order valence-electron chi connectivity index (χ0n) is 17.0. The van der Waals surface area contributed by atoms with Gasteiger partial charge < -0.3 is 9.80 Å². The van der Waals surface area contributed by atoms with Crippen LogP contribution in [-0.2, 0) is 11.2 Å². The predicted molar refractivity (Wildman–Crippen MR) is 123 cm³/mol. The van der Waals surface area contributed by atoms with Gasteiger partial charge in [-0.2, -0.15) is 5.10 Å². The lowest BCUT2D eigenvalue weighted by Gasteiger charge is -2.36. The van der Waals surface area contributed by atoms with E-state index >= 15 is 0 Å². The molecule has 0 bridgehead atoms. The second-order valence-electron chi connectivity index (χ2n) is 7.42. The van der Waals surface area contributed by atoms with Crippen LogP contribution in [0.2, 0.25) is 0 Å². The molecule has 4 rings (SSSR count). The van der Waals surface area contributed by atoms with Gasteiger partial charge in [-0.05, 0) is 36.1 Å². The number of halogens is 1. The molecule has 2 aliphatic rings. The minimum absolute atomic E-state index is 0.342. The SMILES string of the molecule is CN1C(=O)NC(=O)C2C1N=C(N/N=C/c1ccc(Br)cc1)N2CCCc1ccccc1. The summed E-state index contributed by atoms with van der Waals surface area (Å²) in [6.45, 7) is 0.602. The summed E-state index contributed by atoms with van der Waals surface area (Å²) in [4.78, 5) is 32.6. The van der Waals surface area contributed by atoms with Crippen LogP contribution in [0.4, 0.5) is 4.79 Å². The number of fused-ring (bicyclic) bond motifs is 1. The van der Waals surface area contributed by atoms with Gasteiger partial charge in [0.25, 0.3) is 5.91 Å². The van der Waals surface area contributed by atoms with Crippen LogP contribution in [0.15, 0.2) is 69.2 Å². The van der Waals surface area contributed by atoms with Crippen LogP contribution in [0, 0.1) is 0 Å². The Bertz CT molecular complexity index is 1010. The maximum absolute atomic E-state index is 12.6. The van der Waals surface area contributed by atoms with Gasteiger partial charge in [-0.3, -0.25) is 10.1 Å². The van der Waals surface area contributed by atoms with Gasteiger partial charge in [0.2, 0.25) is 5.96 Å². The van der Waals surface area contributed by atoms with Crippen molar-refractivity contribution in [2.24, 2.45) is 10.1 Å². The Balaban J connectivity index is 1.48. The van der Waals surface area contributed by atoms with Crippen LogP contribution in [0.5, 0.6) is 0 Å². The number of hydrazone groups is 1. The van der Waals surface area contributed by atoms with Gasteiger partial charge in [-0.25, -0.2) is 15.2 Å². The molecule has 31 heavy (non-hydrogen) atoms. The largest absolute Gasteiger partial charge is 0.326 e. The van der Waals surface area contributed by atoms with Crippen LogP contribution in [0.3, 0.4) is 0 Å². The standard InChI is InChI=1S/C22H23BrN6O2/c1-28-19-18(20(30)26-22(28)31)29(13-5-8-15-6-3-2-4-7-15)21(25-19)27-24-14-16-9-11-17(23)12-10-16/h2-4,6-7,9-12,14,18-19H,5,8,13H2,1H3,(H,25,27)(H,26,30,31)/b24-14+. The van der Waals surface area contributed by atoms with E-state index in [-0.39, 0.29) is 5.91 Å². The van der Waals surface area contributed by atoms with Crippen LogP contribution in [0.1, 0.15) is 17.5 Å². The molecule has 2 atom stereocenters. The van der Waals surface area contributed by atoms with Crippen molar-refractivity contribution in [3.63, 3.8) is 0 Å². The summed E-state index contributed by atoms with van der Waals surface area (Å²) < 4.78 is 0.991. The zero-order valence-corrected chi connectivity index (χ0v) is 18.6. The van der Waals surface area contributed by atoms with Crippen molar-refractivity contribution >= 4 is 40.0 Å². The Labute approximate surface area is 189 Å². The molecular formula is C22H23BrN6O2. The summed E-state index contributed by atoms with van der Waals surface area (Å²) >= 11 is 3.41. The number of guanidine groups is 1. The van der Waals surface area contributed by atoms with Gasteiger partial charge >= 0.3 is 6.03 Å². The second kappa shape index (κ2) is 9.30. The highest BCUT2D eigenvalue weighted by molar-refractivity contribution is 9.10.